The minimum absolute atomic E-state index is 0.0682. The minimum atomic E-state index is -0.0734. The highest BCUT2D eigenvalue weighted by atomic mass is 16.5. The molecule has 1 N–H and O–H groups in total. The van der Waals surface area contributed by atoms with Crippen molar-refractivity contribution in [2.75, 3.05) is 13.7 Å². The van der Waals surface area contributed by atoms with E-state index < -0.39 is 0 Å². The molecule has 1 aromatic carbocycles. The highest BCUT2D eigenvalue weighted by Crippen LogP contribution is 2.23. The third-order valence-corrected chi connectivity index (χ3v) is 2.45. The number of aliphatic hydroxyl groups is 1. The van der Waals surface area contributed by atoms with Crippen LogP contribution in [0, 0.1) is 6.92 Å². The summed E-state index contributed by atoms with van der Waals surface area (Å²) in [5.74, 6) is 0.772. The average molecular weight is 207 g/mol. The Bertz CT molecular complexity index is 307. The van der Waals surface area contributed by atoms with Crippen LogP contribution < -0.4 is 4.74 Å². The van der Waals surface area contributed by atoms with Crippen LogP contribution in [0.3, 0.4) is 0 Å². The summed E-state index contributed by atoms with van der Waals surface area (Å²) < 4.78 is 5.23. The van der Waals surface area contributed by atoms with Gasteiger partial charge in [0, 0.05) is 12.5 Å². The number of ether oxygens (including phenoxy) is 1. The predicted molar refractivity (Wildman–Crippen MR) is 62.2 cm³/mol. The van der Waals surface area contributed by atoms with E-state index in [4.69, 9.17) is 9.84 Å². The Kier molecular flexibility index (Phi) is 4.63. The second kappa shape index (κ2) is 5.76. The van der Waals surface area contributed by atoms with Gasteiger partial charge >= 0.3 is 0 Å². The molecule has 0 saturated carbocycles. The number of hydrogen-bond acceptors (Lipinski definition) is 2. The first-order valence-corrected chi connectivity index (χ1v) is 5.33. The van der Waals surface area contributed by atoms with Gasteiger partial charge in [-0.05, 0) is 36.6 Å². The molecule has 1 radical (unpaired) electrons. The molecular weight excluding hydrogens is 188 g/mol. The zero-order valence-corrected chi connectivity index (χ0v) is 9.49. The van der Waals surface area contributed by atoms with Crippen LogP contribution in [0.5, 0.6) is 5.75 Å². The monoisotopic (exact) mass is 207 g/mol. The Labute approximate surface area is 91.9 Å². The quantitative estimate of drug-likeness (QED) is 0.804. The van der Waals surface area contributed by atoms with E-state index in [9.17, 15) is 0 Å². The summed E-state index contributed by atoms with van der Waals surface area (Å²) in [6.07, 6.45) is 2.13. The van der Waals surface area contributed by atoms with Crippen LogP contribution in [0.25, 0.3) is 0 Å². The van der Waals surface area contributed by atoms with Gasteiger partial charge in [0.15, 0.2) is 0 Å². The number of aryl methyl sites for hydroxylation is 1. The lowest BCUT2D eigenvalue weighted by atomic mass is 9.98. The SMILES string of the molecule is [CH2]C(CO)c1cc(CCC)cc(OC)c1. The zero-order chi connectivity index (χ0) is 11.3. The second-order valence-corrected chi connectivity index (χ2v) is 3.74. The normalized spacial score (nSPS) is 12.5. The van der Waals surface area contributed by atoms with Gasteiger partial charge in [-0.3, -0.25) is 0 Å². The smallest absolute Gasteiger partial charge is 0.119 e. The second-order valence-electron chi connectivity index (χ2n) is 3.74. The largest absolute Gasteiger partial charge is 0.497 e. The molecule has 0 aliphatic heterocycles. The standard InChI is InChI=1S/C13H19O2/c1-4-5-11-6-12(10(2)9-14)8-13(7-11)15-3/h6-8,10,14H,2,4-5,9H2,1,3H3. The number of hydrogen-bond donors (Lipinski definition) is 1. The Morgan fingerprint density at radius 3 is 2.67 bits per heavy atom. The van der Waals surface area contributed by atoms with Gasteiger partial charge in [-0.2, -0.15) is 0 Å². The molecule has 0 aliphatic carbocycles. The topological polar surface area (TPSA) is 29.5 Å². The third-order valence-electron chi connectivity index (χ3n) is 2.45. The molecule has 1 unspecified atom stereocenters. The average Bonchev–Trinajstić information content (AvgIpc) is 2.28. The lowest BCUT2D eigenvalue weighted by Crippen LogP contribution is -2.01. The van der Waals surface area contributed by atoms with Crippen molar-refractivity contribution in [2.45, 2.75) is 25.7 Å². The molecule has 0 amide bonds. The van der Waals surface area contributed by atoms with Crippen molar-refractivity contribution in [3.05, 3.63) is 36.2 Å². The van der Waals surface area contributed by atoms with Crippen LogP contribution >= 0.6 is 0 Å². The number of benzene rings is 1. The van der Waals surface area contributed by atoms with E-state index in [-0.39, 0.29) is 12.5 Å². The first-order chi connectivity index (χ1) is 7.21. The van der Waals surface area contributed by atoms with Gasteiger partial charge in [-0.1, -0.05) is 19.4 Å². The molecule has 0 heterocycles. The predicted octanol–water partition coefficient (Wildman–Crippen LogP) is 2.56. The molecule has 83 valence electrons. The number of rotatable bonds is 5. The van der Waals surface area contributed by atoms with Crippen LogP contribution in [0.1, 0.15) is 30.4 Å². The fraction of sp³-hybridized carbons (Fsp3) is 0.462. The van der Waals surface area contributed by atoms with E-state index in [2.05, 4.69) is 19.9 Å². The maximum absolute atomic E-state index is 9.07. The Morgan fingerprint density at radius 2 is 2.13 bits per heavy atom. The summed E-state index contributed by atoms with van der Waals surface area (Å²) in [5.41, 5.74) is 2.29. The van der Waals surface area contributed by atoms with Crippen LogP contribution in [0.4, 0.5) is 0 Å². The number of methoxy groups -OCH3 is 1. The van der Waals surface area contributed by atoms with Crippen molar-refractivity contribution in [3.63, 3.8) is 0 Å². The molecule has 1 rings (SSSR count). The molecule has 0 aliphatic rings. The molecule has 1 aromatic rings. The summed E-state index contributed by atoms with van der Waals surface area (Å²) in [6.45, 7) is 6.11. The lowest BCUT2D eigenvalue weighted by Gasteiger charge is -2.12. The molecule has 0 saturated heterocycles. The number of aliphatic hydroxyl groups excluding tert-OH is 1. The van der Waals surface area contributed by atoms with E-state index in [0.29, 0.717) is 0 Å². The molecule has 2 nitrogen and oxygen atoms in total. The van der Waals surface area contributed by atoms with E-state index in [0.717, 1.165) is 24.2 Å². The van der Waals surface area contributed by atoms with Crippen LogP contribution in [0.2, 0.25) is 0 Å². The maximum Gasteiger partial charge on any atom is 0.119 e. The van der Waals surface area contributed by atoms with Crippen LogP contribution in [-0.4, -0.2) is 18.8 Å². The molecule has 15 heavy (non-hydrogen) atoms. The fourth-order valence-electron chi connectivity index (χ4n) is 1.58. The van der Waals surface area contributed by atoms with Gasteiger partial charge in [0.1, 0.15) is 5.75 Å². The van der Waals surface area contributed by atoms with Gasteiger partial charge in [-0.25, -0.2) is 0 Å². The van der Waals surface area contributed by atoms with Gasteiger partial charge in [0.2, 0.25) is 0 Å². The molecule has 2 heteroatoms. The van der Waals surface area contributed by atoms with Crippen molar-refractivity contribution in [1.82, 2.24) is 0 Å². The van der Waals surface area contributed by atoms with Gasteiger partial charge < -0.3 is 9.84 Å². The Morgan fingerprint density at radius 1 is 1.40 bits per heavy atom. The first kappa shape index (κ1) is 12.1. The molecule has 0 bridgehead atoms. The van der Waals surface area contributed by atoms with Crippen molar-refractivity contribution >= 4 is 0 Å². The maximum atomic E-state index is 9.07. The van der Waals surface area contributed by atoms with Gasteiger partial charge in [-0.15, -0.1) is 0 Å². The van der Waals surface area contributed by atoms with E-state index >= 15 is 0 Å². The van der Waals surface area contributed by atoms with Crippen LogP contribution in [-0.2, 0) is 6.42 Å². The molecule has 0 spiro atoms. The van der Waals surface area contributed by atoms with Crippen molar-refractivity contribution in [1.29, 1.82) is 0 Å². The van der Waals surface area contributed by atoms with E-state index in [1.54, 1.807) is 7.11 Å². The summed E-state index contributed by atoms with van der Waals surface area (Å²) in [6, 6.07) is 6.07. The van der Waals surface area contributed by atoms with E-state index in [1.165, 1.54) is 5.56 Å². The van der Waals surface area contributed by atoms with Crippen molar-refractivity contribution in [3.8, 4) is 5.75 Å². The molecule has 0 fully saturated rings. The fourth-order valence-corrected chi connectivity index (χ4v) is 1.58. The van der Waals surface area contributed by atoms with Crippen molar-refractivity contribution < 1.29 is 9.84 Å². The van der Waals surface area contributed by atoms with Crippen LogP contribution in [0.15, 0.2) is 18.2 Å². The minimum Gasteiger partial charge on any atom is -0.497 e. The highest BCUT2D eigenvalue weighted by molar-refractivity contribution is 5.36. The van der Waals surface area contributed by atoms with E-state index in [1.807, 2.05) is 12.1 Å². The summed E-state index contributed by atoms with van der Waals surface area (Å²) in [5, 5.41) is 9.07. The first-order valence-electron chi connectivity index (χ1n) is 5.33. The Hall–Kier alpha value is -1.02. The van der Waals surface area contributed by atoms with Gasteiger partial charge in [0.05, 0.1) is 7.11 Å². The molecular formula is C13H19O2. The molecule has 0 aromatic heterocycles. The molecule has 1 atom stereocenters. The zero-order valence-electron chi connectivity index (χ0n) is 9.49. The Balaban J connectivity index is 2.99. The summed E-state index contributed by atoms with van der Waals surface area (Å²) >= 11 is 0. The summed E-state index contributed by atoms with van der Waals surface area (Å²) in [4.78, 5) is 0. The van der Waals surface area contributed by atoms with Crippen molar-refractivity contribution in [2.24, 2.45) is 0 Å². The van der Waals surface area contributed by atoms with Gasteiger partial charge in [0.25, 0.3) is 0 Å². The third kappa shape index (κ3) is 3.24. The summed E-state index contributed by atoms with van der Waals surface area (Å²) in [7, 11) is 1.66. The highest BCUT2D eigenvalue weighted by Gasteiger charge is 2.07. The lowest BCUT2D eigenvalue weighted by molar-refractivity contribution is 0.282.